The van der Waals surface area contributed by atoms with Crippen molar-refractivity contribution in [3.63, 3.8) is 0 Å². The summed E-state index contributed by atoms with van der Waals surface area (Å²) >= 11 is 0. The highest BCUT2D eigenvalue weighted by Gasteiger charge is 2.24. The van der Waals surface area contributed by atoms with Crippen LogP contribution in [-0.4, -0.2) is 13.2 Å². The maximum Gasteiger partial charge on any atom is 0.131 e. The summed E-state index contributed by atoms with van der Waals surface area (Å²) in [5.74, 6) is -1.04. The van der Waals surface area contributed by atoms with Gasteiger partial charge in [0, 0.05) is 11.6 Å². The first-order valence-corrected chi connectivity index (χ1v) is 5.01. The van der Waals surface area contributed by atoms with E-state index in [4.69, 9.17) is 4.74 Å². The van der Waals surface area contributed by atoms with Crippen LogP contribution < -0.4 is 5.32 Å². The van der Waals surface area contributed by atoms with Crippen LogP contribution in [0.3, 0.4) is 0 Å². The van der Waals surface area contributed by atoms with E-state index in [0.717, 1.165) is 12.6 Å². The van der Waals surface area contributed by atoms with Gasteiger partial charge in [0.05, 0.1) is 19.3 Å². The monoisotopic (exact) mass is 249 g/mol. The molecule has 1 aliphatic rings. The molecule has 1 atom stereocenters. The molecule has 0 aliphatic carbocycles. The van der Waals surface area contributed by atoms with E-state index in [1.807, 2.05) is 6.92 Å². The molecule has 0 aromatic heterocycles. The summed E-state index contributed by atoms with van der Waals surface area (Å²) in [6.07, 6.45) is 0. The van der Waals surface area contributed by atoms with Crippen molar-refractivity contribution < 1.29 is 13.5 Å². The number of fused-ring (bicyclic) bond motifs is 1. The predicted molar refractivity (Wildman–Crippen MR) is 59.7 cm³/mol. The Morgan fingerprint density at radius 3 is 2.88 bits per heavy atom. The van der Waals surface area contributed by atoms with E-state index in [0.29, 0.717) is 17.7 Å². The van der Waals surface area contributed by atoms with Crippen LogP contribution >= 0.6 is 12.4 Å². The van der Waals surface area contributed by atoms with Crippen molar-refractivity contribution in [2.45, 2.75) is 19.6 Å². The molecule has 0 radical (unpaired) electrons. The van der Waals surface area contributed by atoms with Crippen molar-refractivity contribution in [3.05, 3.63) is 34.9 Å². The Hall–Kier alpha value is -0.710. The lowest BCUT2D eigenvalue weighted by molar-refractivity contribution is 0.0805. The largest absolute Gasteiger partial charge is 0.375 e. The number of likely N-dealkylation sites (N-methyl/N-ethyl adjacent to an activating group) is 1. The Labute approximate surface area is 99.4 Å². The van der Waals surface area contributed by atoms with E-state index in [2.05, 4.69) is 5.32 Å². The first kappa shape index (κ1) is 13.4. The van der Waals surface area contributed by atoms with Crippen LogP contribution in [0.1, 0.15) is 24.1 Å². The van der Waals surface area contributed by atoms with Crippen molar-refractivity contribution >= 4 is 12.4 Å². The van der Waals surface area contributed by atoms with Crippen LogP contribution in [0.2, 0.25) is 0 Å². The zero-order chi connectivity index (χ0) is 10.8. The number of halogens is 3. The molecule has 0 fully saturated rings. The fourth-order valence-electron chi connectivity index (χ4n) is 1.93. The topological polar surface area (TPSA) is 21.3 Å². The zero-order valence-corrected chi connectivity index (χ0v) is 9.74. The molecule has 0 spiro atoms. The van der Waals surface area contributed by atoms with Crippen LogP contribution in [0.25, 0.3) is 0 Å². The molecule has 2 rings (SSSR count). The van der Waals surface area contributed by atoms with Crippen LogP contribution in [0.4, 0.5) is 8.78 Å². The van der Waals surface area contributed by atoms with Gasteiger partial charge in [0.2, 0.25) is 0 Å². The van der Waals surface area contributed by atoms with Crippen molar-refractivity contribution in [3.8, 4) is 0 Å². The molecule has 1 aromatic rings. The van der Waals surface area contributed by atoms with E-state index in [1.54, 1.807) is 0 Å². The highest BCUT2D eigenvalue weighted by molar-refractivity contribution is 5.85. The Kier molecular flexibility index (Phi) is 4.65. The molecule has 1 aromatic carbocycles. The van der Waals surface area contributed by atoms with Crippen LogP contribution in [0.5, 0.6) is 0 Å². The minimum absolute atomic E-state index is 0. The minimum atomic E-state index is -0.549. The molecule has 0 saturated heterocycles. The second-order valence-electron chi connectivity index (χ2n) is 3.59. The summed E-state index contributed by atoms with van der Waals surface area (Å²) < 4.78 is 31.8. The third-order valence-electron chi connectivity index (χ3n) is 2.52. The Bertz CT molecular complexity index is 373. The minimum Gasteiger partial charge on any atom is -0.375 e. The summed E-state index contributed by atoms with van der Waals surface area (Å²) in [7, 11) is 0. The van der Waals surface area contributed by atoms with Crippen molar-refractivity contribution in [1.82, 2.24) is 5.32 Å². The highest BCUT2D eigenvalue weighted by atomic mass is 35.5. The van der Waals surface area contributed by atoms with Gasteiger partial charge >= 0.3 is 0 Å². The first-order valence-electron chi connectivity index (χ1n) is 5.01. The van der Waals surface area contributed by atoms with Gasteiger partial charge in [0.15, 0.2) is 0 Å². The molecule has 1 N–H and O–H groups in total. The normalized spacial score (nSPS) is 18.8. The Balaban J connectivity index is 0.00000128. The van der Waals surface area contributed by atoms with Gasteiger partial charge in [-0.3, -0.25) is 0 Å². The molecule has 16 heavy (non-hydrogen) atoms. The molecule has 1 aliphatic heterocycles. The van der Waals surface area contributed by atoms with Crippen molar-refractivity contribution in [2.24, 2.45) is 0 Å². The number of rotatable bonds is 2. The van der Waals surface area contributed by atoms with Gasteiger partial charge in [-0.2, -0.15) is 0 Å². The lowest BCUT2D eigenvalue weighted by Gasteiger charge is -2.26. The molecule has 0 amide bonds. The molecular formula is C11H14ClF2NO. The van der Waals surface area contributed by atoms with Crippen LogP contribution in [-0.2, 0) is 11.3 Å². The fourth-order valence-corrected chi connectivity index (χ4v) is 1.93. The standard InChI is InChI=1S/C11H13F2NO.ClH/c1-2-14-10-6-15-5-7-3-8(12)4-9(13)11(7)10;/h3-4,10,14H,2,5-6H2,1H3;1H. The summed E-state index contributed by atoms with van der Waals surface area (Å²) in [5.41, 5.74) is 1.15. The van der Waals surface area contributed by atoms with Gasteiger partial charge in [-0.05, 0) is 18.2 Å². The number of hydrogen-bond donors (Lipinski definition) is 1. The quantitative estimate of drug-likeness (QED) is 0.870. The third kappa shape index (κ3) is 2.51. The van der Waals surface area contributed by atoms with E-state index in [-0.39, 0.29) is 25.1 Å². The fraction of sp³-hybridized carbons (Fsp3) is 0.455. The van der Waals surface area contributed by atoms with E-state index in [9.17, 15) is 8.78 Å². The summed E-state index contributed by atoms with van der Waals surface area (Å²) in [6.45, 7) is 3.38. The maximum atomic E-state index is 13.6. The number of benzene rings is 1. The van der Waals surface area contributed by atoms with Gasteiger partial charge in [0.1, 0.15) is 11.6 Å². The molecule has 0 bridgehead atoms. The lowest BCUT2D eigenvalue weighted by atomic mass is 9.98. The lowest BCUT2D eigenvalue weighted by Crippen LogP contribution is -2.30. The third-order valence-corrected chi connectivity index (χ3v) is 2.52. The van der Waals surface area contributed by atoms with Crippen molar-refractivity contribution in [2.75, 3.05) is 13.2 Å². The number of hydrogen-bond acceptors (Lipinski definition) is 2. The molecule has 0 saturated carbocycles. The number of nitrogens with one attached hydrogen (secondary N) is 1. The van der Waals surface area contributed by atoms with Gasteiger partial charge in [-0.25, -0.2) is 8.78 Å². The van der Waals surface area contributed by atoms with E-state index < -0.39 is 11.6 Å². The zero-order valence-electron chi connectivity index (χ0n) is 8.93. The molecular weight excluding hydrogens is 236 g/mol. The SMILES string of the molecule is CCNC1COCc2cc(F)cc(F)c21.Cl. The Morgan fingerprint density at radius 1 is 1.44 bits per heavy atom. The van der Waals surface area contributed by atoms with Gasteiger partial charge < -0.3 is 10.1 Å². The van der Waals surface area contributed by atoms with E-state index in [1.165, 1.54) is 6.07 Å². The molecule has 1 unspecified atom stereocenters. The van der Waals surface area contributed by atoms with E-state index >= 15 is 0 Å². The van der Waals surface area contributed by atoms with Gasteiger partial charge in [-0.15, -0.1) is 12.4 Å². The molecule has 1 heterocycles. The average Bonchev–Trinajstić information content (AvgIpc) is 2.17. The van der Waals surface area contributed by atoms with Crippen LogP contribution in [0, 0.1) is 11.6 Å². The number of ether oxygens (including phenoxy) is 1. The smallest absolute Gasteiger partial charge is 0.131 e. The second kappa shape index (κ2) is 5.57. The second-order valence-corrected chi connectivity index (χ2v) is 3.59. The summed E-state index contributed by atoms with van der Waals surface area (Å²) in [6, 6.07) is 2.09. The first-order chi connectivity index (χ1) is 7.22. The predicted octanol–water partition coefficient (Wildman–Crippen LogP) is 2.57. The highest BCUT2D eigenvalue weighted by Crippen LogP contribution is 2.28. The molecule has 90 valence electrons. The summed E-state index contributed by atoms with van der Waals surface area (Å²) in [5, 5.41) is 3.11. The molecule has 5 heteroatoms. The Morgan fingerprint density at radius 2 is 2.19 bits per heavy atom. The van der Waals surface area contributed by atoms with Crippen LogP contribution in [0.15, 0.2) is 12.1 Å². The maximum absolute atomic E-state index is 13.6. The summed E-state index contributed by atoms with van der Waals surface area (Å²) in [4.78, 5) is 0. The van der Waals surface area contributed by atoms with Gasteiger partial charge in [-0.1, -0.05) is 6.92 Å². The van der Waals surface area contributed by atoms with Crippen molar-refractivity contribution in [1.29, 1.82) is 0 Å². The molecule has 2 nitrogen and oxygen atoms in total. The average molecular weight is 250 g/mol. The van der Waals surface area contributed by atoms with Gasteiger partial charge in [0.25, 0.3) is 0 Å².